The summed E-state index contributed by atoms with van der Waals surface area (Å²) < 4.78 is 10.2. The Kier molecular flexibility index (Phi) is 9.67. The zero-order valence-electron chi connectivity index (χ0n) is 18.4. The van der Waals surface area contributed by atoms with Crippen molar-refractivity contribution in [2.24, 2.45) is 0 Å². The molecule has 0 N–H and O–H groups in total. The predicted octanol–water partition coefficient (Wildman–Crippen LogP) is 6.48. The summed E-state index contributed by atoms with van der Waals surface area (Å²) in [6, 6.07) is 7.63. The van der Waals surface area contributed by atoms with E-state index < -0.39 is 11.9 Å². The molecule has 0 atom stereocenters. The number of benzene rings is 1. The minimum absolute atomic E-state index is 0.205. The Hall–Kier alpha value is -3.92. The second-order valence-corrected chi connectivity index (χ2v) is 6.79. The van der Waals surface area contributed by atoms with Gasteiger partial charge in [0.1, 0.15) is 11.5 Å². The van der Waals surface area contributed by atoms with E-state index in [0.29, 0.717) is 16.9 Å². The minimum atomic E-state index is -0.522. The molecule has 0 amide bonds. The van der Waals surface area contributed by atoms with Crippen molar-refractivity contribution in [3.8, 4) is 0 Å². The fourth-order valence-corrected chi connectivity index (χ4v) is 2.09. The van der Waals surface area contributed by atoms with Crippen LogP contribution in [0, 0.1) is 0 Å². The third kappa shape index (κ3) is 8.54. The first kappa shape index (κ1) is 25.1. The van der Waals surface area contributed by atoms with Gasteiger partial charge in [0.05, 0.1) is 0 Å². The van der Waals surface area contributed by atoms with E-state index in [9.17, 15) is 9.59 Å². The molecule has 0 aliphatic carbocycles. The molecule has 0 saturated heterocycles. The summed E-state index contributed by atoms with van der Waals surface area (Å²) in [5.41, 5.74) is 3.89. The van der Waals surface area contributed by atoms with Crippen molar-refractivity contribution in [3.63, 3.8) is 0 Å². The van der Waals surface area contributed by atoms with Crippen molar-refractivity contribution in [1.29, 1.82) is 0 Å². The van der Waals surface area contributed by atoms with Crippen LogP contribution >= 0.6 is 0 Å². The van der Waals surface area contributed by atoms with E-state index in [-0.39, 0.29) is 5.76 Å². The van der Waals surface area contributed by atoms with Crippen molar-refractivity contribution in [2.75, 3.05) is 0 Å². The smallest absolute Gasteiger partial charge is 0.338 e. The first-order chi connectivity index (χ1) is 14.5. The molecule has 0 spiro atoms. The monoisotopic (exact) mass is 416 g/mol. The van der Waals surface area contributed by atoms with Crippen molar-refractivity contribution in [1.82, 2.24) is 0 Å². The van der Waals surface area contributed by atoms with Crippen LogP contribution in [0.5, 0.6) is 0 Å². The van der Waals surface area contributed by atoms with Gasteiger partial charge in [-0.1, -0.05) is 69.3 Å². The standard InChI is InChI=1S/C27H28O4/c1-9-25(31-27(29)19(4)5)17-11-21(7)24-15-13-23(14-16-24)20(6)10-12-22(8)30-26(28)18(2)3/h9-17H,2,4,6-8H2,1,3,5H3/b12-10-,17-11-,25-9+. The second-order valence-electron chi connectivity index (χ2n) is 6.79. The summed E-state index contributed by atoms with van der Waals surface area (Å²) in [5, 5.41) is 0. The maximum atomic E-state index is 11.6. The van der Waals surface area contributed by atoms with Crippen molar-refractivity contribution in [3.05, 3.63) is 121 Å². The third-order valence-corrected chi connectivity index (χ3v) is 3.96. The molecule has 1 aromatic rings. The molecule has 0 heterocycles. The van der Waals surface area contributed by atoms with E-state index >= 15 is 0 Å². The van der Waals surface area contributed by atoms with Gasteiger partial charge in [-0.05, 0) is 61.3 Å². The molecule has 160 valence electrons. The SMILES string of the molecule is C=C(/C=C\C(=C)c1ccc(C(=C)/C=C\C(=C/C)OC(=O)C(=C)C)cc1)OC(=O)C(=C)C. The van der Waals surface area contributed by atoms with Crippen LogP contribution in [0.15, 0.2) is 110 Å². The summed E-state index contributed by atoms with van der Waals surface area (Å²) in [5.74, 6) is -0.378. The van der Waals surface area contributed by atoms with Crippen molar-refractivity contribution >= 4 is 23.1 Å². The van der Waals surface area contributed by atoms with Gasteiger partial charge >= 0.3 is 11.9 Å². The number of hydrogen-bond acceptors (Lipinski definition) is 4. The van der Waals surface area contributed by atoms with E-state index in [1.54, 1.807) is 51.2 Å². The highest BCUT2D eigenvalue weighted by Gasteiger charge is 2.06. The topological polar surface area (TPSA) is 52.6 Å². The summed E-state index contributed by atoms with van der Waals surface area (Å²) in [7, 11) is 0. The zero-order chi connectivity index (χ0) is 23.6. The van der Waals surface area contributed by atoms with Crippen LogP contribution in [-0.2, 0) is 19.1 Å². The number of ether oxygens (including phenoxy) is 2. The summed E-state index contributed by atoms with van der Waals surface area (Å²) in [4.78, 5) is 23.1. The molecule has 0 saturated carbocycles. The molecule has 0 bridgehead atoms. The molecule has 4 nitrogen and oxygen atoms in total. The van der Waals surface area contributed by atoms with Crippen LogP contribution in [0.2, 0.25) is 0 Å². The molecule has 0 radical (unpaired) electrons. The van der Waals surface area contributed by atoms with Crippen LogP contribution < -0.4 is 0 Å². The normalized spacial score (nSPS) is 11.3. The number of allylic oxidation sites excluding steroid dienone is 7. The van der Waals surface area contributed by atoms with Crippen LogP contribution in [0.4, 0.5) is 0 Å². The van der Waals surface area contributed by atoms with Crippen molar-refractivity contribution < 1.29 is 19.1 Å². The molecule has 31 heavy (non-hydrogen) atoms. The lowest BCUT2D eigenvalue weighted by molar-refractivity contribution is -0.135. The van der Waals surface area contributed by atoms with E-state index in [4.69, 9.17) is 9.47 Å². The largest absolute Gasteiger partial charge is 0.424 e. The first-order valence-corrected chi connectivity index (χ1v) is 9.50. The van der Waals surface area contributed by atoms with E-state index in [0.717, 1.165) is 22.3 Å². The third-order valence-electron chi connectivity index (χ3n) is 3.96. The lowest BCUT2D eigenvalue weighted by Gasteiger charge is -2.06. The average Bonchev–Trinajstić information content (AvgIpc) is 2.74. The molecule has 1 aromatic carbocycles. The van der Waals surface area contributed by atoms with Crippen LogP contribution in [-0.4, -0.2) is 11.9 Å². The fraction of sp³-hybridized carbons (Fsp3) is 0.111. The maximum Gasteiger partial charge on any atom is 0.338 e. The van der Waals surface area contributed by atoms with E-state index in [1.807, 2.05) is 24.3 Å². The Morgan fingerprint density at radius 1 is 0.710 bits per heavy atom. The minimum Gasteiger partial charge on any atom is -0.424 e. The van der Waals surface area contributed by atoms with E-state index in [1.165, 1.54) is 0 Å². The molecule has 0 aliphatic rings. The van der Waals surface area contributed by atoms with Crippen molar-refractivity contribution in [2.45, 2.75) is 20.8 Å². The fourth-order valence-electron chi connectivity index (χ4n) is 2.09. The Balaban J connectivity index is 2.77. The van der Waals surface area contributed by atoms with Gasteiger partial charge in [0, 0.05) is 11.1 Å². The van der Waals surface area contributed by atoms with E-state index in [2.05, 4.69) is 32.9 Å². The van der Waals surface area contributed by atoms with Crippen LogP contribution in [0.1, 0.15) is 31.9 Å². The van der Waals surface area contributed by atoms with Crippen LogP contribution in [0.3, 0.4) is 0 Å². The highest BCUT2D eigenvalue weighted by Crippen LogP contribution is 2.20. The predicted molar refractivity (Wildman–Crippen MR) is 127 cm³/mol. The van der Waals surface area contributed by atoms with Gasteiger partial charge in [-0.15, -0.1) is 0 Å². The van der Waals surface area contributed by atoms with Gasteiger partial charge in [0.2, 0.25) is 0 Å². The molecule has 0 unspecified atom stereocenters. The quantitative estimate of drug-likeness (QED) is 0.190. The van der Waals surface area contributed by atoms with Gasteiger partial charge in [0.15, 0.2) is 0 Å². The number of carbonyl (C=O) groups is 2. The number of carbonyl (C=O) groups excluding carboxylic acids is 2. The van der Waals surface area contributed by atoms with Gasteiger partial charge in [-0.3, -0.25) is 0 Å². The Bertz CT molecular complexity index is 1010. The lowest BCUT2D eigenvalue weighted by Crippen LogP contribution is -2.03. The average molecular weight is 417 g/mol. The molecular weight excluding hydrogens is 388 g/mol. The summed E-state index contributed by atoms with van der Waals surface area (Å²) in [6.45, 7) is 23.8. The molecule has 4 heteroatoms. The van der Waals surface area contributed by atoms with Gasteiger partial charge in [-0.2, -0.15) is 0 Å². The van der Waals surface area contributed by atoms with Gasteiger partial charge in [0.25, 0.3) is 0 Å². The molecule has 1 rings (SSSR count). The number of rotatable bonds is 10. The Morgan fingerprint density at radius 2 is 1.13 bits per heavy atom. The Morgan fingerprint density at radius 3 is 1.55 bits per heavy atom. The number of hydrogen-bond donors (Lipinski definition) is 0. The first-order valence-electron chi connectivity index (χ1n) is 9.50. The number of esters is 2. The van der Waals surface area contributed by atoms with Gasteiger partial charge < -0.3 is 9.47 Å². The molecule has 0 fully saturated rings. The highest BCUT2D eigenvalue weighted by molar-refractivity contribution is 5.88. The van der Waals surface area contributed by atoms with Gasteiger partial charge in [-0.25, -0.2) is 9.59 Å². The summed E-state index contributed by atoms with van der Waals surface area (Å²) >= 11 is 0. The second kappa shape index (κ2) is 11.9. The maximum absolute atomic E-state index is 11.6. The molecule has 0 aliphatic heterocycles. The highest BCUT2D eigenvalue weighted by atomic mass is 16.5. The molecular formula is C27H28O4. The molecule has 0 aromatic heterocycles. The zero-order valence-corrected chi connectivity index (χ0v) is 18.4. The van der Waals surface area contributed by atoms with Crippen LogP contribution in [0.25, 0.3) is 11.1 Å². The lowest BCUT2D eigenvalue weighted by atomic mass is 10.0. The summed E-state index contributed by atoms with van der Waals surface area (Å²) in [6.07, 6.45) is 8.42. The Labute approximate surface area is 184 Å².